The van der Waals surface area contributed by atoms with Gasteiger partial charge in [0.15, 0.2) is 0 Å². The summed E-state index contributed by atoms with van der Waals surface area (Å²) in [5.41, 5.74) is -0.0678. The monoisotopic (exact) mass is 374 g/mol. The molecule has 0 spiro atoms. The summed E-state index contributed by atoms with van der Waals surface area (Å²) in [5, 5.41) is 24.7. The highest BCUT2D eigenvalue weighted by atomic mass is 35.5. The standard InChI is InChI=1S/C17H15ClN4O2S/c1-17(2)12(7-19)15(24)22-16(13(17)8-20)25-9-14(23)21-11-5-3-4-10(18)6-11/h3-6,12H,9H2,1-2H3,(H,21,23)(H,22,24)/t12-/m1/s1. The Labute approximate surface area is 154 Å². The average Bonchev–Trinajstić information content (AvgIpc) is 2.52. The molecule has 1 atom stereocenters. The Bertz CT molecular complexity index is 836. The number of nitriles is 2. The van der Waals surface area contributed by atoms with E-state index in [4.69, 9.17) is 11.6 Å². The molecule has 0 saturated heterocycles. The van der Waals surface area contributed by atoms with E-state index in [1.807, 2.05) is 6.07 Å². The van der Waals surface area contributed by atoms with E-state index >= 15 is 0 Å². The molecule has 0 fully saturated rings. The third-order valence-electron chi connectivity index (χ3n) is 3.79. The molecule has 0 radical (unpaired) electrons. The summed E-state index contributed by atoms with van der Waals surface area (Å²) in [4.78, 5) is 24.2. The number of amides is 2. The molecule has 0 saturated carbocycles. The van der Waals surface area contributed by atoms with Gasteiger partial charge in [0.25, 0.3) is 0 Å². The van der Waals surface area contributed by atoms with Crippen LogP contribution in [0.15, 0.2) is 34.9 Å². The second-order valence-corrected chi connectivity index (χ2v) is 7.36. The van der Waals surface area contributed by atoms with Gasteiger partial charge < -0.3 is 10.6 Å². The minimum atomic E-state index is -0.952. The molecule has 6 nitrogen and oxygen atoms in total. The number of nitrogens with zero attached hydrogens (tertiary/aromatic N) is 2. The molecule has 2 N–H and O–H groups in total. The average molecular weight is 375 g/mol. The molecule has 128 valence electrons. The van der Waals surface area contributed by atoms with Gasteiger partial charge in [-0.1, -0.05) is 43.3 Å². The lowest BCUT2D eigenvalue weighted by Gasteiger charge is -2.34. The number of benzene rings is 1. The van der Waals surface area contributed by atoms with E-state index in [1.165, 1.54) is 0 Å². The predicted octanol–water partition coefficient (Wildman–Crippen LogP) is 3.04. The van der Waals surface area contributed by atoms with Crippen LogP contribution in [0, 0.1) is 34.0 Å². The lowest BCUT2D eigenvalue weighted by atomic mass is 9.72. The quantitative estimate of drug-likeness (QED) is 0.842. The number of halogens is 1. The van der Waals surface area contributed by atoms with E-state index in [0.29, 0.717) is 21.3 Å². The van der Waals surface area contributed by atoms with Crippen LogP contribution in [0.2, 0.25) is 5.02 Å². The first-order valence-corrected chi connectivity index (χ1v) is 8.69. The minimum Gasteiger partial charge on any atom is -0.325 e. The number of hydrogen-bond donors (Lipinski definition) is 2. The SMILES string of the molecule is CC1(C)C(C#N)=C(SCC(=O)Nc2cccc(Cl)c2)NC(=O)[C@H]1C#N. The van der Waals surface area contributed by atoms with E-state index < -0.39 is 17.2 Å². The lowest BCUT2D eigenvalue weighted by molar-refractivity contribution is -0.125. The summed E-state index contributed by atoms with van der Waals surface area (Å²) in [7, 11) is 0. The molecular formula is C17H15ClN4O2S. The van der Waals surface area contributed by atoms with E-state index in [-0.39, 0.29) is 11.7 Å². The Morgan fingerprint density at radius 1 is 1.44 bits per heavy atom. The van der Waals surface area contributed by atoms with Crippen LogP contribution in [-0.2, 0) is 9.59 Å². The molecule has 0 aliphatic carbocycles. The molecular weight excluding hydrogens is 360 g/mol. The number of nitrogens with one attached hydrogen (secondary N) is 2. The van der Waals surface area contributed by atoms with Crippen molar-refractivity contribution in [3.8, 4) is 12.1 Å². The maximum Gasteiger partial charge on any atom is 0.243 e. The Kier molecular flexibility index (Phi) is 5.73. The first-order valence-electron chi connectivity index (χ1n) is 7.33. The summed E-state index contributed by atoms with van der Waals surface area (Å²) < 4.78 is 0. The molecule has 0 bridgehead atoms. The zero-order valence-electron chi connectivity index (χ0n) is 13.6. The van der Waals surface area contributed by atoms with Crippen molar-refractivity contribution in [1.29, 1.82) is 10.5 Å². The highest BCUT2D eigenvalue weighted by Gasteiger charge is 2.44. The molecule has 8 heteroatoms. The van der Waals surface area contributed by atoms with Gasteiger partial charge in [-0.15, -0.1) is 0 Å². The van der Waals surface area contributed by atoms with Crippen LogP contribution in [0.1, 0.15) is 13.8 Å². The lowest BCUT2D eigenvalue weighted by Crippen LogP contribution is -2.44. The van der Waals surface area contributed by atoms with Crippen molar-refractivity contribution in [1.82, 2.24) is 5.32 Å². The molecule has 2 rings (SSSR count). The van der Waals surface area contributed by atoms with Crippen LogP contribution in [-0.4, -0.2) is 17.6 Å². The Morgan fingerprint density at radius 3 is 2.76 bits per heavy atom. The smallest absolute Gasteiger partial charge is 0.243 e. The zero-order valence-corrected chi connectivity index (χ0v) is 15.2. The molecule has 0 aromatic heterocycles. The topological polar surface area (TPSA) is 106 Å². The van der Waals surface area contributed by atoms with Crippen LogP contribution < -0.4 is 10.6 Å². The largest absolute Gasteiger partial charge is 0.325 e. The molecule has 1 aliphatic heterocycles. The molecule has 1 aliphatic rings. The first kappa shape index (κ1) is 18.9. The molecule has 1 aromatic carbocycles. The predicted molar refractivity (Wildman–Crippen MR) is 96.2 cm³/mol. The van der Waals surface area contributed by atoms with Crippen molar-refractivity contribution in [3.63, 3.8) is 0 Å². The van der Waals surface area contributed by atoms with Crippen LogP contribution >= 0.6 is 23.4 Å². The van der Waals surface area contributed by atoms with Crippen molar-refractivity contribution in [2.75, 3.05) is 11.1 Å². The fourth-order valence-electron chi connectivity index (χ4n) is 2.44. The molecule has 25 heavy (non-hydrogen) atoms. The van der Waals surface area contributed by atoms with Gasteiger partial charge >= 0.3 is 0 Å². The summed E-state index contributed by atoms with van der Waals surface area (Å²) in [6.45, 7) is 3.34. The number of carbonyl (C=O) groups excluding carboxylic acids is 2. The maximum atomic E-state index is 12.1. The van der Waals surface area contributed by atoms with E-state index in [1.54, 1.807) is 38.1 Å². The maximum absolute atomic E-state index is 12.1. The normalized spacial score (nSPS) is 18.8. The Hall–Kier alpha value is -2.48. The van der Waals surface area contributed by atoms with E-state index in [9.17, 15) is 20.1 Å². The van der Waals surface area contributed by atoms with Crippen molar-refractivity contribution in [3.05, 3.63) is 39.9 Å². The summed E-state index contributed by atoms with van der Waals surface area (Å²) in [5.74, 6) is -1.72. The number of anilines is 1. The fraction of sp³-hybridized carbons (Fsp3) is 0.294. The number of allylic oxidation sites excluding steroid dienone is 1. The van der Waals surface area contributed by atoms with Crippen molar-refractivity contribution >= 4 is 40.9 Å². The highest BCUT2D eigenvalue weighted by Crippen LogP contribution is 2.41. The third kappa shape index (κ3) is 4.14. The van der Waals surface area contributed by atoms with E-state index in [0.717, 1.165) is 11.8 Å². The van der Waals surface area contributed by atoms with Gasteiger partial charge in [0.2, 0.25) is 11.8 Å². The molecule has 0 unspecified atom stereocenters. The van der Waals surface area contributed by atoms with E-state index in [2.05, 4.69) is 16.7 Å². The number of rotatable bonds is 4. The minimum absolute atomic E-state index is 0.000602. The van der Waals surface area contributed by atoms with Gasteiger partial charge in [0.1, 0.15) is 5.92 Å². The van der Waals surface area contributed by atoms with Gasteiger partial charge in [0, 0.05) is 16.1 Å². The fourth-order valence-corrected chi connectivity index (χ4v) is 3.60. The summed E-state index contributed by atoms with van der Waals surface area (Å²) in [6.07, 6.45) is 0. The second kappa shape index (κ2) is 7.60. The highest BCUT2D eigenvalue weighted by molar-refractivity contribution is 8.03. The Morgan fingerprint density at radius 2 is 2.16 bits per heavy atom. The van der Waals surface area contributed by atoms with Gasteiger partial charge in [0.05, 0.1) is 28.5 Å². The van der Waals surface area contributed by atoms with Crippen LogP contribution in [0.25, 0.3) is 0 Å². The van der Waals surface area contributed by atoms with Gasteiger partial charge in [-0.05, 0) is 18.2 Å². The zero-order chi connectivity index (χ0) is 18.6. The van der Waals surface area contributed by atoms with Crippen molar-refractivity contribution in [2.45, 2.75) is 13.8 Å². The third-order valence-corrected chi connectivity index (χ3v) is 5.03. The summed E-state index contributed by atoms with van der Waals surface area (Å²) >= 11 is 6.92. The van der Waals surface area contributed by atoms with Crippen molar-refractivity contribution in [2.24, 2.45) is 11.3 Å². The van der Waals surface area contributed by atoms with Gasteiger partial charge in [-0.25, -0.2) is 0 Å². The van der Waals surface area contributed by atoms with Gasteiger partial charge in [-0.3, -0.25) is 9.59 Å². The number of hydrogen-bond acceptors (Lipinski definition) is 5. The summed E-state index contributed by atoms with van der Waals surface area (Å²) in [6, 6.07) is 10.7. The van der Waals surface area contributed by atoms with Crippen molar-refractivity contribution < 1.29 is 9.59 Å². The molecule has 1 heterocycles. The van der Waals surface area contributed by atoms with Gasteiger partial charge in [-0.2, -0.15) is 10.5 Å². The molecule has 1 aromatic rings. The number of carbonyl (C=O) groups is 2. The van der Waals surface area contributed by atoms with Crippen LogP contribution in [0.5, 0.6) is 0 Å². The number of thioether (sulfide) groups is 1. The second-order valence-electron chi connectivity index (χ2n) is 5.94. The molecule has 2 amide bonds. The first-order chi connectivity index (χ1) is 11.8. The van der Waals surface area contributed by atoms with Crippen LogP contribution in [0.3, 0.4) is 0 Å². The van der Waals surface area contributed by atoms with Crippen LogP contribution in [0.4, 0.5) is 5.69 Å². The Balaban J connectivity index is 2.12.